The van der Waals surface area contributed by atoms with Gasteiger partial charge < -0.3 is 5.32 Å². The number of aryl methyl sites for hydroxylation is 2. The monoisotopic (exact) mass is 316 g/mol. The lowest BCUT2D eigenvalue weighted by atomic mass is 10.2. The predicted molar refractivity (Wildman–Crippen MR) is 88.5 cm³/mol. The Morgan fingerprint density at radius 3 is 2.81 bits per heavy atom. The highest BCUT2D eigenvalue weighted by molar-refractivity contribution is 7.21. The predicted octanol–water partition coefficient (Wildman–Crippen LogP) is 4.82. The van der Waals surface area contributed by atoms with Crippen LogP contribution in [0.5, 0.6) is 0 Å². The maximum Gasteiger partial charge on any atom is 0.268 e. The van der Waals surface area contributed by atoms with Crippen LogP contribution < -0.4 is 5.32 Å². The number of hydrogen-bond donors (Lipinski definition) is 1. The molecule has 21 heavy (non-hydrogen) atoms. The van der Waals surface area contributed by atoms with Crippen LogP contribution in [0.1, 0.15) is 20.9 Å². The Bertz CT molecular complexity index is 841. The number of fused-ring (bicyclic) bond motifs is 1. The van der Waals surface area contributed by atoms with Crippen molar-refractivity contribution in [2.75, 3.05) is 5.32 Å². The molecule has 0 fully saturated rings. The summed E-state index contributed by atoms with van der Waals surface area (Å²) in [5, 5.41) is 4.20. The fourth-order valence-corrected chi connectivity index (χ4v) is 3.61. The fourth-order valence-electron chi connectivity index (χ4n) is 2.10. The first kappa shape index (κ1) is 14.0. The molecule has 0 aliphatic rings. The van der Waals surface area contributed by atoms with Crippen molar-refractivity contribution in [1.82, 2.24) is 4.98 Å². The second kappa shape index (κ2) is 5.47. The van der Waals surface area contributed by atoms with Crippen LogP contribution in [0.25, 0.3) is 10.1 Å². The maximum atomic E-state index is 12.4. The molecule has 0 unspecified atom stereocenters. The third-order valence-corrected chi connectivity index (χ3v) is 4.78. The van der Waals surface area contributed by atoms with Gasteiger partial charge >= 0.3 is 0 Å². The van der Waals surface area contributed by atoms with Crippen LogP contribution in [0.2, 0.25) is 5.02 Å². The summed E-state index contributed by atoms with van der Waals surface area (Å²) in [7, 11) is 0. The number of nitrogens with zero attached hydrogens (tertiary/aromatic N) is 1. The largest absolute Gasteiger partial charge is 0.306 e. The maximum absolute atomic E-state index is 12.4. The van der Waals surface area contributed by atoms with Crippen LogP contribution in [0, 0.1) is 13.8 Å². The number of hydrogen-bond acceptors (Lipinski definition) is 3. The Kier molecular flexibility index (Phi) is 3.66. The van der Waals surface area contributed by atoms with E-state index in [4.69, 9.17) is 11.6 Å². The summed E-state index contributed by atoms with van der Waals surface area (Å²) in [6.45, 7) is 3.90. The fraction of sp³-hybridized carbons (Fsp3) is 0.125. The topological polar surface area (TPSA) is 42.0 Å². The third kappa shape index (κ3) is 2.77. The molecule has 2 heterocycles. The van der Waals surface area contributed by atoms with E-state index in [9.17, 15) is 4.79 Å². The average molecular weight is 317 g/mol. The van der Waals surface area contributed by atoms with E-state index in [-0.39, 0.29) is 5.91 Å². The van der Waals surface area contributed by atoms with E-state index in [1.807, 2.05) is 44.2 Å². The summed E-state index contributed by atoms with van der Waals surface area (Å²) in [5.74, 6) is 0.307. The summed E-state index contributed by atoms with van der Waals surface area (Å²) in [6.07, 6.45) is 0. The van der Waals surface area contributed by atoms with Gasteiger partial charge in [0.1, 0.15) is 10.7 Å². The van der Waals surface area contributed by atoms with Crippen LogP contribution >= 0.6 is 22.9 Å². The number of thiophene rings is 1. The number of anilines is 1. The Labute approximate surface area is 131 Å². The summed E-state index contributed by atoms with van der Waals surface area (Å²) < 4.78 is 1.02. The lowest BCUT2D eigenvalue weighted by Crippen LogP contribution is -2.12. The summed E-state index contributed by atoms with van der Waals surface area (Å²) in [4.78, 5) is 17.2. The van der Waals surface area contributed by atoms with Gasteiger partial charge in [0.2, 0.25) is 0 Å². The van der Waals surface area contributed by atoms with Crippen molar-refractivity contribution >= 4 is 44.7 Å². The highest BCUT2D eigenvalue weighted by Gasteiger charge is 2.17. The van der Waals surface area contributed by atoms with E-state index in [1.54, 1.807) is 6.07 Å². The lowest BCUT2D eigenvalue weighted by Gasteiger charge is -2.03. The van der Waals surface area contributed by atoms with Gasteiger partial charge in [0.15, 0.2) is 0 Å². The molecule has 2 aromatic heterocycles. The Hall–Kier alpha value is -1.91. The molecule has 0 spiro atoms. The molecule has 1 aromatic carbocycles. The van der Waals surface area contributed by atoms with Gasteiger partial charge in [-0.05, 0) is 37.6 Å². The van der Waals surface area contributed by atoms with Crippen molar-refractivity contribution in [2.24, 2.45) is 0 Å². The van der Waals surface area contributed by atoms with Crippen molar-refractivity contribution in [3.63, 3.8) is 0 Å². The number of carbonyl (C=O) groups is 1. The normalized spacial score (nSPS) is 10.8. The highest BCUT2D eigenvalue weighted by atomic mass is 35.5. The minimum Gasteiger partial charge on any atom is -0.306 e. The molecule has 1 amide bonds. The molecule has 1 N–H and O–H groups in total. The lowest BCUT2D eigenvalue weighted by molar-refractivity contribution is 0.103. The minimum atomic E-state index is -0.225. The number of benzene rings is 1. The Balaban J connectivity index is 1.96. The van der Waals surface area contributed by atoms with Crippen LogP contribution in [0.15, 0.2) is 36.4 Å². The van der Waals surface area contributed by atoms with E-state index in [2.05, 4.69) is 10.3 Å². The number of halogens is 1. The zero-order valence-corrected chi connectivity index (χ0v) is 13.2. The number of amides is 1. The Morgan fingerprint density at radius 1 is 1.24 bits per heavy atom. The first-order chi connectivity index (χ1) is 10.0. The van der Waals surface area contributed by atoms with Crippen molar-refractivity contribution in [1.29, 1.82) is 0 Å². The van der Waals surface area contributed by atoms with E-state index in [1.165, 1.54) is 11.3 Å². The number of pyridine rings is 1. The summed E-state index contributed by atoms with van der Waals surface area (Å²) in [6, 6.07) is 11.5. The second-order valence-electron chi connectivity index (χ2n) is 4.86. The van der Waals surface area contributed by atoms with Gasteiger partial charge in [-0.2, -0.15) is 0 Å². The molecule has 0 saturated heterocycles. The number of rotatable bonds is 2. The SMILES string of the molecule is Cc1ccc2c(Cl)c(C(=O)Nc3cccc(C)n3)sc2c1. The van der Waals surface area contributed by atoms with Crippen molar-refractivity contribution < 1.29 is 4.79 Å². The van der Waals surface area contributed by atoms with Gasteiger partial charge in [0.25, 0.3) is 5.91 Å². The molecule has 3 aromatic rings. The van der Waals surface area contributed by atoms with Crippen LogP contribution in [-0.2, 0) is 0 Å². The molecule has 5 heteroatoms. The molecule has 0 radical (unpaired) electrons. The first-order valence-electron chi connectivity index (χ1n) is 6.48. The third-order valence-electron chi connectivity index (χ3n) is 3.12. The zero-order chi connectivity index (χ0) is 15.0. The average Bonchev–Trinajstić information content (AvgIpc) is 2.75. The molecular formula is C16H13ClN2OS. The standard InChI is InChI=1S/C16H13ClN2OS/c1-9-6-7-11-12(8-9)21-15(14(11)17)16(20)19-13-5-3-4-10(2)18-13/h3-8H,1-2H3,(H,18,19,20). The van der Waals surface area contributed by atoms with Crippen LogP contribution in [0.3, 0.4) is 0 Å². The van der Waals surface area contributed by atoms with Gasteiger partial charge in [0.05, 0.1) is 5.02 Å². The molecule has 0 bridgehead atoms. The molecular weight excluding hydrogens is 304 g/mol. The number of aromatic nitrogens is 1. The van der Waals surface area contributed by atoms with E-state index >= 15 is 0 Å². The van der Waals surface area contributed by atoms with E-state index in [0.717, 1.165) is 21.3 Å². The van der Waals surface area contributed by atoms with Crippen molar-refractivity contribution in [3.05, 3.63) is 57.6 Å². The van der Waals surface area contributed by atoms with Crippen LogP contribution in [0.4, 0.5) is 5.82 Å². The van der Waals surface area contributed by atoms with Gasteiger partial charge in [-0.3, -0.25) is 4.79 Å². The van der Waals surface area contributed by atoms with Gasteiger partial charge in [-0.1, -0.05) is 29.8 Å². The van der Waals surface area contributed by atoms with Crippen LogP contribution in [-0.4, -0.2) is 10.9 Å². The molecule has 106 valence electrons. The van der Waals surface area contributed by atoms with E-state index < -0.39 is 0 Å². The number of nitrogens with one attached hydrogen (secondary N) is 1. The minimum absolute atomic E-state index is 0.225. The smallest absolute Gasteiger partial charge is 0.268 e. The molecule has 0 aliphatic carbocycles. The first-order valence-corrected chi connectivity index (χ1v) is 7.68. The van der Waals surface area contributed by atoms with Gasteiger partial charge in [-0.15, -0.1) is 11.3 Å². The van der Waals surface area contributed by atoms with Gasteiger partial charge in [0, 0.05) is 15.8 Å². The van der Waals surface area contributed by atoms with E-state index in [0.29, 0.717) is 15.7 Å². The summed E-state index contributed by atoms with van der Waals surface area (Å²) >= 11 is 7.73. The summed E-state index contributed by atoms with van der Waals surface area (Å²) in [5.41, 5.74) is 2.00. The van der Waals surface area contributed by atoms with Crippen molar-refractivity contribution in [2.45, 2.75) is 13.8 Å². The number of carbonyl (C=O) groups excluding carboxylic acids is 1. The molecule has 0 saturated carbocycles. The quantitative estimate of drug-likeness (QED) is 0.736. The molecule has 3 nitrogen and oxygen atoms in total. The Morgan fingerprint density at radius 2 is 2.05 bits per heavy atom. The second-order valence-corrected chi connectivity index (χ2v) is 6.29. The molecule has 3 rings (SSSR count). The molecule has 0 atom stereocenters. The van der Waals surface area contributed by atoms with Crippen molar-refractivity contribution in [3.8, 4) is 0 Å². The molecule has 0 aliphatic heterocycles. The highest BCUT2D eigenvalue weighted by Crippen LogP contribution is 2.36. The van der Waals surface area contributed by atoms with Gasteiger partial charge in [-0.25, -0.2) is 4.98 Å². The zero-order valence-electron chi connectivity index (χ0n) is 11.6.